The molecule has 2 heterocycles. The molecule has 1 aromatic heterocycles. The summed E-state index contributed by atoms with van der Waals surface area (Å²) < 4.78 is 35.5. The van der Waals surface area contributed by atoms with Crippen LogP contribution in [0.25, 0.3) is 0 Å². The standard InChI is InChI=1S/C10H15N3O5S/c1-7-11-5-9(12-7)19(15,16)13-3-4-18-8(6-13)10(14)17-2/h5,8H,3-4,6H2,1-2H3,(H,11,12). The Bertz CT molecular complexity index is 567. The molecule has 0 aromatic carbocycles. The number of methoxy groups -OCH3 is 1. The highest BCUT2D eigenvalue weighted by molar-refractivity contribution is 7.89. The third-order valence-electron chi connectivity index (χ3n) is 2.79. The number of aromatic amines is 1. The van der Waals surface area contributed by atoms with Gasteiger partial charge in [-0.05, 0) is 6.92 Å². The van der Waals surface area contributed by atoms with Crippen molar-refractivity contribution < 1.29 is 22.7 Å². The van der Waals surface area contributed by atoms with E-state index in [1.807, 2.05) is 0 Å². The number of nitrogens with one attached hydrogen (secondary N) is 1. The second-order valence-corrected chi connectivity index (χ2v) is 5.98. The molecule has 0 amide bonds. The maximum atomic E-state index is 12.3. The topological polar surface area (TPSA) is 102 Å². The van der Waals surface area contributed by atoms with Crippen LogP contribution in [0.4, 0.5) is 0 Å². The van der Waals surface area contributed by atoms with Gasteiger partial charge in [-0.25, -0.2) is 18.2 Å². The zero-order valence-electron chi connectivity index (χ0n) is 10.6. The van der Waals surface area contributed by atoms with E-state index in [4.69, 9.17) is 4.74 Å². The minimum absolute atomic E-state index is 0.00974. The first-order valence-corrected chi connectivity index (χ1v) is 7.10. The molecular weight excluding hydrogens is 274 g/mol. The molecule has 1 fully saturated rings. The third-order valence-corrected chi connectivity index (χ3v) is 4.57. The van der Waals surface area contributed by atoms with Crippen molar-refractivity contribution in [1.29, 1.82) is 0 Å². The number of hydrogen-bond donors (Lipinski definition) is 1. The second-order valence-electron chi connectivity index (χ2n) is 4.08. The molecule has 0 bridgehead atoms. The molecule has 1 N–H and O–H groups in total. The van der Waals surface area contributed by atoms with Gasteiger partial charge in [0, 0.05) is 6.54 Å². The molecule has 9 heteroatoms. The van der Waals surface area contributed by atoms with Gasteiger partial charge < -0.3 is 14.5 Å². The number of hydrogen-bond acceptors (Lipinski definition) is 6. The van der Waals surface area contributed by atoms with Crippen LogP contribution >= 0.6 is 0 Å². The summed E-state index contributed by atoms with van der Waals surface area (Å²) in [6.45, 7) is 1.93. The second kappa shape index (κ2) is 5.27. The molecule has 106 valence electrons. The molecule has 0 spiro atoms. The van der Waals surface area contributed by atoms with Crippen LogP contribution in [0.1, 0.15) is 5.82 Å². The lowest BCUT2D eigenvalue weighted by atomic mass is 10.3. The van der Waals surface area contributed by atoms with Gasteiger partial charge in [-0.3, -0.25) is 0 Å². The summed E-state index contributed by atoms with van der Waals surface area (Å²) in [5.74, 6) is -0.0722. The van der Waals surface area contributed by atoms with Crippen molar-refractivity contribution in [2.45, 2.75) is 18.1 Å². The predicted octanol–water partition coefficient (Wildman–Crippen LogP) is -0.719. The van der Waals surface area contributed by atoms with E-state index in [9.17, 15) is 13.2 Å². The molecule has 1 unspecified atom stereocenters. The fraction of sp³-hybridized carbons (Fsp3) is 0.600. The molecule has 1 aromatic rings. The molecule has 0 saturated carbocycles. The Morgan fingerprint density at radius 1 is 1.63 bits per heavy atom. The van der Waals surface area contributed by atoms with Crippen LogP contribution in [-0.4, -0.2) is 61.6 Å². The van der Waals surface area contributed by atoms with Crippen LogP contribution in [-0.2, 0) is 24.3 Å². The van der Waals surface area contributed by atoms with Crippen molar-refractivity contribution in [3.8, 4) is 0 Å². The average molecular weight is 289 g/mol. The quantitative estimate of drug-likeness (QED) is 0.737. The van der Waals surface area contributed by atoms with E-state index < -0.39 is 22.1 Å². The molecule has 1 saturated heterocycles. The number of aryl methyl sites for hydroxylation is 1. The van der Waals surface area contributed by atoms with E-state index in [0.29, 0.717) is 5.82 Å². The van der Waals surface area contributed by atoms with E-state index in [0.717, 1.165) is 0 Å². The lowest BCUT2D eigenvalue weighted by molar-refractivity contribution is -0.157. The monoisotopic (exact) mass is 289 g/mol. The molecule has 0 aliphatic carbocycles. The highest BCUT2D eigenvalue weighted by Crippen LogP contribution is 2.17. The van der Waals surface area contributed by atoms with E-state index in [2.05, 4.69) is 14.7 Å². The molecule has 19 heavy (non-hydrogen) atoms. The van der Waals surface area contributed by atoms with E-state index >= 15 is 0 Å². The number of ether oxygens (including phenoxy) is 2. The molecule has 0 radical (unpaired) electrons. The molecular formula is C10H15N3O5S. The number of aromatic nitrogens is 2. The number of sulfonamides is 1. The maximum Gasteiger partial charge on any atom is 0.336 e. The number of carbonyl (C=O) groups excluding carboxylic acids is 1. The van der Waals surface area contributed by atoms with Gasteiger partial charge in [-0.1, -0.05) is 0 Å². The summed E-state index contributed by atoms with van der Waals surface area (Å²) in [4.78, 5) is 17.9. The van der Waals surface area contributed by atoms with Crippen LogP contribution in [0.3, 0.4) is 0 Å². The van der Waals surface area contributed by atoms with Gasteiger partial charge >= 0.3 is 5.97 Å². The number of esters is 1. The number of rotatable bonds is 3. The van der Waals surface area contributed by atoms with Gasteiger partial charge in [0.05, 0.1) is 26.5 Å². The summed E-state index contributed by atoms with van der Waals surface area (Å²) in [5, 5.41) is 0.00974. The van der Waals surface area contributed by atoms with Crippen molar-refractivity contribution in [3.63, 3.8) is 0 Å². The van der Waals surface area contributed by atoms with Crippen molar-refractivity contribution in [2.24, 2.45) is 0 Å². The first-order valence-electron chi connectivity index (χ1n) is 5.66. The Morgan fingerprint density at radius 3 is 2.95 bits per heavy atom. The maximum absolute atomic E-state index is 12.3. The molecule has 1 atom stereocenters. The predicted molar refractivity (Wildman–Crippen MR) is 63.8 cm³/mol. The van der Waals surface area contributed by atoms with Crippen molar-refractivity contribution >= 4 is 16.0 Å². The third kappa shape index (κ3) is 2.77. The number of imidazole rings is 1. The minimum Gasteiger partial charge on any atom is -0.467 e. The zero-order chi connectivity index (χ0) is 14.0. The largest absolute Gasteiger partial charge is 0.467 e. The smallest absolute Gasteiger partial charge is 0.336 e. The zero-order valence-corrected chi connectivity index (χ0v) is 11.4. The average Bonchev–Trinajstić information content (AvgIpc) is 2.85. The fourth-order valence-electron chi connectivity index (χ4n) is 1.79. The summed E-state index contributed by atoms with van der Waals surface area (Å²) in [7, 11) is -2.45. The van der Waals surface area contributed by atoms with Gasteiger partial charge in [0.25, 0.3) is 10.0 Å². The molecule has 2 rings (SSSR count). The minimum atomic E-state index is -3.69. The summed E-state index contributed by atoms with van der Waals surface area (Å²) in [5.41, 5.74) is 0. The molecule has 1 aliphatic heterocycles. The first-order chi connectivity index (χ1) is 8.95. The Kier molecular flexibility index (Phi) is 3.88. The summed E-state index contributed by atoms with van der Waals surface area (Å²) >= 11 is 0. The van der Waals surface area contributed by atoms with Gasteiger partial charge in [0.1, 0.15) is 5.82 Å². The van der Waals surface area contributed by atoms with E-state index in [-0.39, 0.29) is 24.7 Å². The highest BCUT2D eigenvalue weighted by Gasteiger charge is 2.35. The number of nitrogens with zero attached hydrogens (tertiary/aromatic N) is 2. The van der Waals surface area contributed by atoms with Crippen LogP contribution in [0, 0.1) is 6.92 Å². The van der Waals surface area contributed by atoms with Crippen LogP contribution in [0.2, 0.25) is 0 Å². The van der Waals surface area contributed by atoms with Gasteiger partial charge in [-0.15, -0.1) is 0 Å². The normalized spacial score (nSPS) is 21.3. The van der Waals surface area contributed by atoms with E-state index in [1.165, 1.54) is 17.6 Å². The molecule has 8 nitrogen and oxygen atoms in total. The van der Waals surface area contributed by atoms with Crippen LogP contribution in [0.5, 0.6) is 0 Å². The van der Waals surface area contributed by atoms with Crippen LogP contribution < -0.4 is 0 Å². The highest BCUT2D eigenvalue weighted by atomic mass is 32.2. The van der Waals surface area contributed by atoms with Gasteiger partial charge in [0.2, 0.25) is 0 Å². The number of carbonyl (C=O) groups is 1. The SMILES string of the molecule is COC(=O)C1CN(S(=O)(=O)c2cnc(C)[nH]2)CCO1. The van der Waals surface area contributed by atoms with Crippen LogP contribution in [0.15, 0.2) is 11.2 Å². The Hall–Kier alpha value is -1.45. The Labute approximate surface area is 110 Å². The summed E-state index contributed by atoms with van der Waals surface area (Å²) in [6.07, 6.45) is 0.366. The van der Waals surface area contributed by atoms with E-state index in [1.54, 1.807) is 6.92 Å². The lowest BCUT2D eigenvalue weighted by Gasteiger charge is -2.30. The van der Waals surface area contributed by atoms with Gasteiger partial charge in [-0.2, -0.15) is 4.31 Å². The Morgan fingerprint density at radius 2 is 2.37 bits per heavy atom. The van der Waals surface area contributed by atoms with Crippen molar-refractivity contribution in [1.82, 2.24) is 14.3 Å². The molecule has 1 aliphatic rings. The van der Waals surface area contributed by atoms with Gasteiger partial charge in [0.15, 0.2) is 11.1 Å². The first kappa shape index (κ1) is 14.0. The Balaban J connectivity index is 2.19. The summed E-state index contributed by atoms with van der Waals surface area (Å²) in [6, 6.07) is 0. The number of H-pyrrole nitrogens is 1. The fourth-order valence-corrected chi connectivity index (χ4v) is 3.17. The van der Waals surface area contributed by atoms with Crippen molar-refractivity contribution in [2.75, 3.05) is 26.8 Å². The number of morpholine rings is 1. The van der Waals surface area contributed by atoms with Crippen molar-refractivity contribution in [3.05, 3.63) is 12.0 Å². The lowest BCUT2D eigenvalue weighted by Crippen LogP contribution is -2.48.